The third-order valence-corrected chi connectivity index (χ3v) is 5.83. The van der Waals surface area contributed by atoms with Crippen LogP contribution in [0.1, 0.15) is 49.0 Å². The highest BCUT2D eigenvalue weighted by molar-refractivity contribution is 6.34. The molecule has 28 heavy (non-hydrogen) atoms. The van der Waals surface area contributed by atoms with Gasteiger partial charge in [0.05, 0.1) is 10.6 Å². The molecule has 1 aliphatic rings. The first-order valence-corrected chi connectivity index (χ1v) is 9.86. The van der Waals surface area contributed by atoms with E-state index in [1.54, 1.807) is 12.1 Å². The van der Waals surface area contributed by atoms with Crippen LogP contribution in [0.4, 0.5) is 10.5 Å². The highest BCUT2D eigenvalue weighted by Crippen LogP contribution is 2.41. The molecule has 1 atom stereocenters. The van der Waals surface area contributed by atoms with Gasteiger partial charge in [0.25, 0.3) is 0 Å². The number of nitrogens with one attached hydrogen (secondary N) is 1. The van der Waals surface area contributed by atoms with E-state index in [4.69, 9.17) is 17.3 Å². The summed E-state index contributed by atoms with van der Waals surface area (Å²) in [6.45, 7) is 4.97. The molecule has 3 amide bonds. The van der Waals surface area contributed by atoms with Crippen LogP contribution in [0.5, 0.6) is 0 Å². The maximum atomic E-state index is 13.2. The van der Waals surface area contributed by atoms with Crippen LogP contribution in [0.3, 0.4) is 0 Å². The van der Waals surface area contributed by atoms with Gasteiger partial charge in [0.1, 0.15) is 0 Å². The molecule has 1 fully saturated rings. The quantitative estimate of drug-likeness (QED) is 0.737. The zero-order valence-electron chi connectivity index (χ0n) is 16.2. The number of hydrogen-bond acceptors (Lipinski definition) is 2. The van der Waals surface area contributed by atoms with Gasteiger partial charge < -0.3 is 16.0 Å². The number of hydrogen-bond donors (Lipinski definition) is 2. The largest absolute Gasteiger partial charge is 0.366 e. The molecule has 5 nitrogen and oxygen atoms in total. The second-order valence-electron chi connectivity index (χ2n) is 8.00. The number of benzene rings is 2. The lowest BCUT2D eigenvalue weighted by atomic mass is 9.86. The van der Waals surface area contributed by atoms with Gasteiger partial charge in [-0.3, -0.25) is 4.79 Å². The maximum Gasteiger partial charge on any atom is 0.322 e. The normalized spacial score (nSPS) is 17.9. The number of nitrogens with two attached hydrogens (primary N) is 1. The first-order valence-electron chi connectivity index (χ1n) is 9.49. The molecule has 3 rings (SSSR count). The lowest BCUT2D eigenvalue weighted by Gasteiger charge is -2.37. The van der Waals surface area contributed by atoms with Crippen molar-refractivity contribution in [2.75, 3.05) is 5.32 Å². The van der Waals surface area contributed by atoms with Crippen LogP contribution < -0.4 is 11.1 Å². The average Bonchev–Trinajstić information content (AvgIpc) is 2.99. The molecule has 0 radical (unpaired) electrons. The van der Waals surface area contributed by atoms with Crippen LogP contribution in [0.15, 0.2) is 48.5 Å². The van der Waals surface area contributed by atoms with Crippen molar-refractivity contribution >= 4 is 29.2 Å². The summed E-state index contributed by atoms with van der Waals surface area (Å²) < 4.78 is 0. The molecule has 0 aliphatic heterocycles. The zero-order valence-corrected chi connectivity index (χ0v) is 17.0. The first-order chi connectivity index (χ1) is 13.3. The number of carbonyl (C=O) groups excluding carboxylic acids is 2. The molecule has 148 valence electrons. The van der Waals surface area contributed by atoms with Gasteiger partial charge in [-0.25, -0.2) is 4.79 Å². The van der Waals surface area contributed by atoms with Crippen molar-refractivity contribution in [1.29, 1.82) is 0 Å². The number of urea groups is 1. The van der Waals surface area contributed by atoms with Crippen LogP contribution in [-0.4, -0.2) is 22.9 Å². The van der Waals surface area contributed by atoms with Gasteiger partial charge in [-0.2, -0.15) is 0 Å². The number of halogens is 1. The van der Waals surface area contributed by atoms with Gasteiger partial charge in [0.15, 0.2) is 0 Å². The van der Waals surface area contributed by atoms with Gasteiger partial charge in [0.2, 0.25) is 5.91 Å². The van der Waals surface area contributed by atoms with E-state index in [0.717, 1.165) is 24.8 Å². The Bertz CT molecular complexity index is 867. The van der Waals surface area contributed by atoms with Crippen molar-refractivity contribution < 1.29 is 9.59 Å². The van der Waals surface area contributed by atoms with Crippen LogP contribution >= 0.6 is 11.6 Å². The van der Waals surface area contributed by atoms with Gasteiger partial charge in [-0.1, -0.05) is 62.2 Å². The fraction of sp³-hybridized carbons (Fsp3) is 0.364. The molecular formula is C22H26ClN3O2. The van der Waals surface area contributed by atoms with Crippen LogP contribution in [0, 0.1) is 5.41 Å². The monoisotopic (exact) mass is 399 g/mol. The van der Waals surface area contributed by atoms with E-state index < -0.39 is 5.91 Å². The molecule has 0 spiro atoms. The molecule has 0 bridgehead atoms. The lowest BCUT2D eigenvalue weighted by molar-refractivity contribution is 0.100. The number of amides is 3. The Labute approximate surface area is 170 Å². The summed E-state index contributed by atoms with van der Waals surface area (Å²) in [5.41, 5.74) is 7.20. The minimum Gasteiger partial charge on any atom is -0.366 e. The predicted octanol–water partition coefficient (Wildman–Crippen LogP) is 5.05. The predicted molar refractivity (Wildman–Crippen MR) is 112 cm³/mol. The van der Waals surface area contributed by atoms with Crippen molar-refractivity contribution in [3.05, 3.63) is 64.7 Å². The minimum atomic E-state index is -0.596. The Balaban J connectivity index is 1.84. The Morgan fingerprint density at radius 3 is 2.50 bits per heavy atom. The molecule has 0 unspecified atom stereocenters. The highest BCUT2D eigenvalue weighted by atomic mass is 35.5. The Morgan fingerprint density at radius 2 is 1.93 bits per heavy atom. The molecule has 2 aromatic rings. The van der Waals surface area contributed by atoms with E-state index in [0.29, 0.717) is 12.2 Å². The topological polar surface area (TPSA) is 75.4 Å². The van der Waals surface area contributed by atoms with E-state index in [9.17, 15) is 9.59 Å². The molecule has 1 saturated carbocycles. The summed E-state index contributed by atoms with van der Waals surface area (Å²) in [5.74, 6) is -0.596. The summed E-state index contributed by atoms with van der Waals surface area (Å²) in [5, 5.41) is 3.16. The second kappa shape index (κ2) is 8.23. The summed E-state index contributed by atoms with van der Waals surface area (Å²) in [7, 11) is 0. The van der Waals surface area contributed by atoms with Crippen LogP contribution in [-0.2, 0) is 6.54 Å². The molecule has 6 heteroatoms. The van der Waals surface area contributed by atoms with Crippen molar-refractivity contribution in [1.82, 2.24) is 4.90 Å². The van der Waals surface area contributed by atoms with Crippen molar-refractivity contribution in [3.63, 3.8) is 0 Å². The average molecular weight is 400 g/mol. The molecule has 0 heterocycles. The van der Waals surface area contributed by atoms with Crippen molar-refractivity contribution in [3.8, 4) is 0 Å². The van der Waals surface area contributed by atoms with Crippen molar-refractivity contribution in [2.45, 2.75) is 45.7 Å². The van der Waals surface area contributed by atoms with E-state index in [-0.39, 0.29) is 28.1 Å². The minimum absolute atomic E-state index is 0.0552. The second-order valence-corrected chi connectivity index (χ2v) is 8.41. The summed E-state index contributed by atoms with van der Waals surface area (Å²) >= 11 is 6.12. The van der Waals surface area contributed by atoms with Crippen LogP contribution in [0.25, 0.3) is 0 Å². The van der Waals surface area contributed by atoms with Gasteiger partial charge in [0, 0.05) is 18.3 Å². The number of nitrogens with zero attached hydrogens (tertiary/aromatic N) is 1. The first kappa shape index (κ1) is 20.2. The zero-order chi connectivity index (χ0) is 20.3. The van der Waals surface area contributed by atoms with E-state index in [1.807, 2.05) is 35.2 Å². The third kappa shape index (κ3) is 4.47. The standard InChI is InChI=1S/C22H26ClN3O2/c1-22(2)12-6-9-19(22)26(14-15-7-4-3-5-8-15)21(28)25-16-10-11-17(20(24)27)18(23)13-16/h3-5,7-8,10-11,13,19H,6,9,12,14H2,1-2H3,(H2,24,27)(H,25,28)/t19-/m0/s1. The number of anilines is 1. The SMILES string of the molecule is CC1(C)CCC[C@@H]1N(Cc1ccccc1)C(=O)Nc1ccc(C(N)=O)c(Cl)c1. The summed E-state index contributed by atoms with van der Waals surface area (Å²) in [6, 6.07) is 14.7. The van der Waals surface area contributed by atoms with E-state index >= 15 is 0 Å². The Kier molecular flexibility index (Phi) is 5.94. The van der Waals surface area contributed by atoms with Gasteiger partial charge in [-0.05, 0) is 42.0 Å². The molecular weight excluding hydrogens is 374 g/mol. The Morgan fingerprint density at radius 1 is 1.21 bits per heavy atom. The fourth-order valence-electron chi connectivity index (χ4n) is 3.98. The van der Waals surface area contributed by atoms with E-state index in [1.165, 1.54) is 6.07 Å². The maximum absolute atomic E-state index is 13.2. The summed E-state index contributed by atoms with van der Waals surface area (Å²) in [6.07, 6.45) is 3.18. The van der Waals surface area contributed by atoms with Gasteiger partial charge >= 0.3 is 6.03 Å². The lowest BCUT2D eigenvalue weighted by Crippen LogP contribution is -2.47. The van der Waals surface area contributed by atoms with E-state index in [2.05, 4.69) is 19.2 Å². The Hall–Kier alpha value is -2.53. The molecule has 0 aromatic heterocycles. The number of primary amides is 1. The molecule has 1 aliphatic carbocycles. The summed E-state index contributed by atoms with van der Waals surface area (Å²) in [4.78, 5) is 26.5. The number of carbonyl (C=O) groups is 2. The smallest absolute Gasteiger partial charge is 0.322 e. The number of rotatable bonds is 5. The molecule has 0 saturated heterocycles. The van der Waals surface area contributed by atoms with Crippen molar-refractivity contribution in [2.24, 2.45) is 11.1 Å². The fourth-order valence-corrected chi connectivity index (χ4v) is 4.25. The van der Waals surface area contributed by atoms with Crippen LogP contribution in [0.2, 0.25) is 5.02 Å². The molecule has 2 aromatic carbocycles. The molecule has 3 N–H and O–H groups in total. The highest BCUT2D eigenvalue weighted by Gasteiger charge is 2.40. The third-order valence-electron chi connectivity index (χ3n) is 5.52. The van der Waals surface area contributed by atoms with Gasteiger partial charge in [-0.15, -0.1) is 0 Å².